The van der Waals surface area contributed by atoms with Crippen molar-refractivity contribution in [2.45, 2.75) is 12.8 Å². The zero-order chi connectivity index (χ0) is 26.9. The predicted octanol–water partition coefficient (Wildman–Crippen LogP) is 2.37. The lowest BCUT2D eigenvalue weighted by molar-refractivity contribution is -0.136. The molecule has 37 heavy (non-hydrogen) atoms. The molecule has 0 saturated heterocycles. The van der Waals surface area contributed by atoms with E-state index in [1.165, 1.54) is 0 Å². The highest BCUT2D eigenvalue weighted by Crippen LogP contribution is 2.26. The van der Waals surface area contributed by atoms with Gasteiger partial charge in [-0.1, -0.05) is 12.1 Å². The summed E-state index contributed by atoms with van der Waals surface area (Å²) in [5, 5.41) is 2.53. The first-order valence-corrected chi connectivity index (χ1v) is 11.1. The lowest BCUT2D eigenvalue weighted by Crippen LogP contribution is -2.33. The van der Waals surface area contributed by atoms with E-state index in [4.69, 9.17) is 9.47 Å². The molecule has 9 nitrogen and oxygen atoms in total. The quantitative estimate of drug-likeness (QED) is 0.107. The summed E-state index contributed by atoms with van der Waals surface area (Å²) in [5.74, 6) is -10.9. The minimum Gasteiger partial charge on any atom is -0.420 e. The van der Waals surface area contributed by atoms with Crippen molar-refractivity contribution in [1.82, 2.24) is 10.2 Å². The van der Waals surface area contributed by atoms with Gasteiger partial charge in [-0.2, -0.15) is 8.78 Å². The Kier molecular flexibility index (Phi) is 9.69. The van der Waals surface area contributed by atoms with Crippen molar-refractivity contribution < 1.29 is 51.0 Å². The largest absolute Gasteiger partial charge is 0.420 e. The smallest absolute Gasteiger partial charge is 0.313 e. The first kappa shape index (κ1) is 27.7. The van der Waals surface area contributed by atoms with E-state index in [-0.39, 0.29) is 57.9 Å². The highest BCUT2D eigenvalue weighted by molar-refractivity contribution is 6.21. The van der Waals surface area contributed by atoms with E-state index in [1.807, 2.05) is 0 Å². The predicted molar refractivity (Wildman–Crippen MR) is 118 cm³/mol. The molecular formula is C24H22F4N2O7. The molecule has 0 aliphatic carbocycles. The molecule has 3 amide bonds. The third-order valence-electron chi connectivity index (χ3n) is 5.12. The number of carbonyl (C=O) groups is 4. The van der Waals surface area contributed by atoms with Gasteiger partial charge in [0.15, 0.2) is 11.6 Å². The van der Waals surface area contributed by atoms with E-state index < -0.39 is 53.2 Å². The van der Waals surface area contributed by atoms with Gasteiger partial charge < -0.3 is 19.5 Å². The minimum absolute atomic E-state index is 0.00304. The fraction of sp³-hybridized carbons (Fsp3) is 0.333. The first-order valence-electron chi connectivity index (χ1n) is 11.1. The molecule has 0 bridgehead atoms. The molecule has 13 heteroatoms. The molecule has 0 atom stereocenters. The van der Waals surface area contributed by atoms with Crippen LogP contribution >= 0.6 is 0 Å². The van der Waals surface area contributed by atoms with Gasteiger partial charge in [0.05, 0.1) is 50.5 Å². The summed E-state index contributed by atoms with van der Waals surface area (Å²) in [7, 11) is 0. The van der Waals surface area contributed by atoms with Crippen LogP contribution in [0.2, 0.25) is 0 Å². The number of amides is 3. The first-order chi connectivity index (χ1) is 17.7. The maximum absolute atomic E-state index is 13.5. The Hall–Kier alpha value is -3.84. The van der Waals surface area contributed by atoms with Crippen molar-refractivity contribution in [3.05, 3.63) is 64.7 Å². The number of halogens is 4. The van der Waals surface area contributed by atoms with Crippen molar-refractivity contribution in [2.24, 2.45) is 0 Å². The molecule has 3 rings (SSSR count). The molecule has 0 aromatic heterocycles. The molecule has 1 aliphatic rings. The van der Waals surface area contributed by atoms with Crippen molar-refractivity contribution in [2.75, 3.05) is 39.5 Å². The topological polar surface area (TPSA) is 111 Å². The van der Waals surface area contributed by atoms with Gasteiger partial charge in [0.25, 0.3) is 11.8 Å². The minimum atomic E-state index is -1.83. The number of carbonyl (C=O) groups excluding carboxylic acids is 4. The summed E-state index contributed by atoms with van der Waals surface area (Å²) in [4.78, 5) is 49.0. The summed E-state index contributed by atoms with van der Waals surface area (Å²) >= 11 is 0. The van der Waals surface area contributed by atoms with E-state index in [0.29, 0.717) is 11.1 Å². The van der Waals surface area contributed by atoms with Gasteiger partial charge in [0.1, 0.15) is 0 Å². The average molecular weight is 526 g/mol. The Morgan fingerprint density at radius 2 is 1.38 bits per heavy atom. The Balaban J connectivity index is 1.22. The van der Waals surface area contributed by atoms with Gasteiger partial charge in [-0.25, -0.2) is 8.78 Å². The van der Waals surface area contributed by atoms with Crippen LogP contribution in [0.4, 0.5) is 17.6 Å². The fourth-order valence-electron chi connectivity index (χ4n) is 3.28. The number of benzene rings is 2. The Morgan fingerprint density at radius 3 is 2.00 bits per heavy atom. The second-order valence-corrected chi connectivity index (χ2v) is 7.65. The van der Waals surface area contributed by atoms with Crippen LogP contribution < -0.4 is 10.1 Å². The monoisotopic (exact) mass is 526 g/mol. The van der Waals surface area contributed by atoms with Crippen LogP contribution in [0.3, 0.4) is 0 Å². The molecule has 1 heterocycles. The van der Waals surface area contributed by atoms with Crippen LogP contribution in [0.5, 0.6) is 5.75 Å². The number of nitrogens with one attached hydrogen (secondary N) is 1. The van der Waals surface area contributed by atoms with E-state index in [9.17, 15) is 36.7 Å². The fourth-order valence-corrected chi connectivity index (χ4v) is 3.28. The summed E-state index contributed by atoms with van der Waals surface area (Å²) < 4.78 is 68.0. The summed E-state index contributed by atoms with van der Waals surface area (Å²) in [6.07, 6.45) is -0.457. The number of fused-ring (bicyclic) bond motifs is 1. The van der Waals surface area contributed by atoms with E-state index in [0.717, 1.165) is 4.90 Å². The van der Waals surface area contributed by atoms with Gasteiger partial charge >= 0.3 is 5.97 Å². The van der Waals surface area contributed by atoms with Crippen molar-refractivity contribution in [3.8, 4) is 5.75 Å². The lowest BCUT2D eigenvalue weighted by Gasteiger charge is -2.13. The van der Waals surface area contributed by atoms with Crippen molar-refractivity contribution in [3.63, 3.8) is 0 Å². The standard InChI is InChI=1S/C24H22F4N2O7/c25-16-13-17(26)21(28)22(20(16)27)37-19(32)6-10-35-11-7-29-18(31)5-9-36-12-8-30-23(33)14-3-1-2-4-15(14)24(30)34/h1-4,13H,5-12H2,(H,29,31). The zero-order valence-corrected chi connectivity index (χ0v) is 19.4. The van der Waals surface area contributed by atoms with Crippen LogP contribution in [-0.2, 0) is 19.1 Å². The second-order valence-electron chi connectivity index (χ2n) is 7.65. The van der Waals surface area contributed by atoms with Gasteiger partial charge in [0.2, 0.25) is 23.3 Å². The van der Waals surface area contributed by atoms with Crippen LogP contribution in [0.25, 0.3) is 0 Å². The van der Waals surface area contributed by atoms with Gasteiger partial charge in [-0.05, 0) is 12.1 Å². The van der Waals surface area contributed by atoms with Gasteiger partial charge in [-0.15, -0.1) is 0 Å². The molecule has 2 aromatic rings. The Morgan fingerprint density at radius 1 is 0.811 bits per heavy atom. The van der Waals surface area contributed by atoms with E-state index in [2.05, 4.69) is 10.1 Å². The zero-order valence-electron chi connectivity index (χ0n) is 19.4. The maximum Gasteiger partial charge on any atom is 0.313 e. The number of nitrogens with zero attached hydrogens (tertiary/aromatic N) is 1. The van der Waals surface area contributed by atoms with Gasteiger partial charge in [-0.3, -0.25) is 24.1 Å². The number of hydrogen-bond donors (Lipinski definition) is 1. The average Bonchev–Trinajstić information content (AvgIpc) is 3.12. The molecule has 198 valence electrons. The number of esters is 1. The van der Waals surface area contributed by atoms with Crippen LogP contribution in [0, 0.1) is 23.3 Å². The van der Waals surface area contributed by atoms with Crippen molar-refractivity contribution >= 4 is 23.7 Å². The van der Waals surface area contributed by atoms with Crippen LogP contribution in [-0.4, -0.2) is 68.1 Å². The second kappa shape index (κ2) is 12.9. The lowest BCUT2D eigenvalue weighted by atomic mass is 10.1. The molecule has 0 unspecified atom stereocenters. The SMILES string of the molecule is O=C(CCOCCN1C(=O)c2ccccc2C1=O)NCCOCCC(=O)Oc1c(F)c(F)cc(F)c1F. The van der Waals surface area contributed by atoms with Crippen LogP contribution in [0.1, 0.15) is 33.6 Å². The number of ether oxygens (including phenoxy) is 3. The van der Waals surface area contributed by atoms with Gasteiger partial charge in [0, 0.05) is 19.0 Å². The molecule has 2 aromatic carbocycles. The number of imide groups is 1. The molecule has 0 saturated carbocycles. The van der Waals surface area contributed by atoms with E-state index in [1.54, 1.807) is 24.3 Å². The van der Waals surface area contributed by atoms with Crippen molar-refractivity contribution in [1.29, 1.82) is 0 Å². The Labute approximate surface area is 208 Å². The normalized spacial score (nSPS) is 12.6. The molecule has 0 radical (unpaired) electrons. The highest BCUT2D eigenvalue weighted by atomic mass is 19.2. The third-order valence-corrected chi connectivity index (χ3v) is 5.12. The Bertz CT molecular complexity index is 1130. The maximum atomic E-state index is 13.5. The molecule has 0 fully saturated rings. The third kappa shape index (κ3) is 7.11. The number of hydrogen-bond acceptors (Lipinski definition) is 7. The summed E-state index contributed by atoms with van der Waals surface area (Å²) in [6, 6.07) is 6.49. The van der Waals surface area contributed by atoms with Crippen LogP contribution in [0.15, 0.2) is 30.3 Å². The molecular weight excluding hydrogens is 504 g/mol. The van der Waals surface area contributed by atoms with E-state index >= 15 is 0 Å². The molecule has 0 spiro atoms. The summed E-state index contributed by atoms with van der Waals surface area (Å²) in [5.41, 5.74) is 0.687. The summed E-state index contributed by atoms with van der Waals surface area (Å²) in [6.45, 7) is 0.00999. The number of rotatable bonds is 13. The highest BCUT2D eigenvalue weighted by Gasteiger charge is 2.34. The molecule has 1 N–H and O–H groups in total. The molecule has 1 aliphatic heterocycles.